The summed E-state index contributed by atoms with van der Waals surface area (Å²) in [6.07, 6.45) is 21.4. The lowest BCUT2D eigenvalue weighted by Gasteiger charge is -2.02. The van der Waals surface area contributed by atoms with Gasteiger partial charge in [0, 0.05) is 19.2 Å². The lowest BCUT2D eigenvalue weighted by Crippen LogP contribution is -2.00. The molecular weight excluding hydrogens is 354 g/mol. The minimum absolute atomic E-state index is 0.213. The van der Waals surface area contributed by atoms with Crippen molar-refractivity contribution in [1.82, 2.24) is 0 Å². The number of hydrogen-bond acceptors (Lipinski definition) is 4. The van der Waals surface area contributed by atoms with Crippen LogP contribution in [-0.4, -0.2) is 36.9 Å². The van der Waals surface area contributed by atoms with Crippen molar-refractivity contribution >= 4 is 18.2 Å². The quantitative estimate of drug-likeness (QED) is 0.160. The molecule has 166 valence electrons. The molecule has 0 atom stereocenters. The van der Waals surface area contributed by atoms with Crippen LogP contribution in [-0.2, 0) is 14.3 Å². The predicted molar refractivity (Wildman–Crippen MR) is 118 cm³/mol. The van der Waals surface area contributed by atoms with Crippen LogP contribution in [0, 0.1) is 0 Å². The maximum Gasteiger partial charge on any atom is 0.310 e. The highest BCUT2D eigenvalue weighted by atomic mass is 16.5. The van der Waals surface area contributed by atoms with Crippen LogP contribution in [0.1, 0.15) is 117 Å². The zero-order chi connectivity index (χ0) is 21.3. The highest BCUT2D eigenvalue weighted by molar-refractivity contribution is 5.85. The Hall–Kier alpha value is -1.39. The second kappa shape index (κ2) is 25.6. The molecule has 0 saturated carbocycles. The van der Waals surface area contributed by atoms with Crippen LogP contribution >= 0.6 is 0 Å². The average molecular weight is 400 g/mol. The number of nitrogens with zero attached hydrogens (tertiary/aromatic N) is 1. The number of aliphatic imine (C=N–C) groups is 1. The number of unbranched alkanes of at least 4 members (excludes halogenated alkanes) is 13. The zero-order valence-electron chi connectivity index (χ0n) is 18.7. The van der Waals surface area contributed by atoms with Crippen LogP contribution in [0.3, 0.4) is 0 Å². The molecule has 0 amide bonds. The number of methoxy groups -OCH3 is 1. The summed E-state index contributed by atoms with van der Waals surface area (Å²) in [5, 5.41) is 7.72. The minimum Gasteiger partial charge on any atom is -0.481 e. The Bertz CT molecular complexity index is 370. The second-order valence-electron chi connectivity index (χ2n) is 7.21. The van der Waals surface area contributed by atoms with Gasteiger partial charge in [0.15, 0.2) is 0 Å². The highest BCUT2D eigenvalue weighted by Gasteiger charge is 1.95. The first-order chi connectivity index (χ1) is 13.6. The topological polar surface area (TPSA) is 76.0 Å². The molecule has 1 N–H and O–H groups in total. The first-order valence-corrected chi connectivity index (χ1v) is 11.3. The van der Waals surface area contributed by atoms with Crippen molar-refractivity contribution in [2.45, 2.75) is 117 Å². The van der Waals surface area contributed by atoms with Crippen LogP contribution in [0.2, 0.25) is 0 Å². The Morgan fingerprint density at radius 3 is 1.54 bits per heavy atom. The smallest absolute Gasteiger partial charge is 0.310 e. The van der Waals surface area contributed by atoms with Gasteiger partial charge in [0.2, 0.25) is 0 Å². The summed E-state index contributed by atoms with van der Waals surface area (Å²) < 4.78 is 4.55. The second-order valence-corrected chi connectivity index (χ2v) is 7.21. The number of aliphatic carboxylic acids is 1. The maximum absolute atomic E-state index is 10.9. The summed E-state index contributed by atoms with van der Waals surface area (Å²) in [7, 11) is 1.41. The first-order valence-electron chi connectivity index (χ1n) is 11.3. The van der Waals surface area contributed by atoms with Gasteiger partial charge in [-0.2, -0.15) is 0 Å². The van der Waals surface area contributed by atoms with Crippen LogP contribution in [0.15, 0.2) is 4.99 Å². The molecule has 0 aliphatic rings. The Labute approximate surface area is 173 Å². The van der Waals surface area contributed by atoms with Gasteiger partial charge in [-0.25, -0.2) is 0 Å². The minimum atomic E-state index is -0.745. The largest absolute Gasteiger partial charge is 0.481 e. The summed E-state index contributed by atoms with van der Waals surface area (Å²) >= 11 is 0. The van der Waals surface area contributed by atoms with Crippen molar-refractivity contribution in [3.63, 3.8) is 0 Å². The first kappa shape index (κ1) is 28.8. The molecule has 0 bridgehead atoms. The summed E-state index contributed by atoms with van der Waals surface area (Å²) in [4.78, 5) is 24.5. The molecule has 0 aromatic heterocycles. The molecule has 0 fully saturated rings. The van der Waals surface area contributed by atoms with Crippen molar-refractivity contribution in [2.75, 3.05) is 13.7 Å². The van der Waals surface area contributed by atoms with Crippen LogP contribution < -0.4 is 0 Å². The van der Waals surface area contributed by atoms with Gasteiger partial charge in [0.1, 0.15) is 0 Å². The van der Waals surface area contributed by atoms with E-state index in [1.165, 1.54) is 90.6 Å². The summed E-state index contributed by atoms with van der Waals surface area (Å²) in [6, 6.07) is 0. The fourth-order valence-corrected chi connectivity index (χ4v) is 2.71. The van der Waals surface area contributed by atoms with Gasteiger partial charge in [0.05, 0.1) is 13.5 Å². The predicted octanol–water partition coefficient (Wildman–Crippen LogP) is 6.58. The summed E-state index contributed by atoms with van der Waals surface area (Å²) in [6.45, 7) is 4.72. The third kappa shape index (κ3) is 29.4. The van der Waals surface area contributed by atoms with Gasteiger partial charge in [-0.05, 0) is 6.42 Å². The van der Waals surface area contributed by atoms with E-state index in [-0.39, 0.29) is 12.4 Å². The van der Waals surface area contributed by atoms with Crippen LogP contribution in [0.4, 0.5) is 0 Å². The third-order valence-corrected chi connectivity index (χ3v) is 4.56. The van der Waals surface area contributed by atoms with Crippen molar-refractivity contribution in [3.8, 4) is 0 Å². The molecule has 0 unspecified atom stereocenters. The monoisotopic (exact) mass is 399 g/mol. The standard InChI is InChI=1S/C20H39NO2.C3H6O2/c1-3-4-5-6-7-8-9-10-11-12-13-14-15-16-18-21-19-17-20(22)23-2;1-2-3(4)5/h19H,3-18H2,1-2H3;2H2,1H3,(H,4,5). The lowest BCUT2D eigenvalue weighted by atomic mass is 10.0. The molecule has 5 heteroatoms. The van der Waals surface area contributed by atoms with E-state index in [1.54, 1.807) is 13.1 Å². The number of carbonyl (C=O) groups is 2. The number of esters is 1. The number of carboxylic acids is 1. The summed E-state index contributed by atoms with van der Waals surface area (Å²) in [5.41, 5.74) is 0. The number of carbonyl (C=O) groups excluding carboxylic acids is 1. The number of carboxylic acid groups (broad SMARTS) is 1. The molecule has 0 rings (SSSR count). The van der Waals surface area contributed by atoms with Crippen molar-refractivity contribution in [1.29, 1.82) is 0 Å². The van der Waals surface area contributed by atoms with Gasteiger partial charge >= 0.3 is 11.9 Å². The maximum atomic E-state index is 10.9. The van der Waals surface area contributed by atoms with E-state index >= 15 is 0 Å². The number of rotatable bonds is 18. The van der Waals surface area contributed by atoms with Gasteiger partial charge in [0.25, 0.3) is 0 Å². The van der Waals surface area contributed by atoms with E-state index in [2.05, 4.69) is 16.7 Å². The molecule has 0 aliphatic heterocycles. The van der Waals surface area contributed by atoms with E-state index in [4.69, 9.17) is 5.11 Å². The van der Waals surface area contributed by atoms with Gasteiger partial charge in [-0.3, -0.25) is 14.6 Å². The molecule has 0 aliphatic carbocycles. The van der Waals surface area contributed by atoms with Crippen LogP contribution in [0.5, 0.6) is 0 Å². The number of ether oxygens (including phenoxy) is 1. The molecule has 5 nitrogen and oxygen atoms in total. The molecule has 0 saturated heterocycles. The Morgan fingerprint density at radius 1 is 0.786 bits per heavy atom. The molecule has 0 aromatic rings. The molecule has 0 radical (unpaired) electrons. The van der Waals surface area contributed by atoms with Crippen LogP contribution in [0.25, 0.3) is 0 Å². The molecule has 0 aromatic carbocycles. The zero-order valence-corrected chi connectivity index (χ0v) is 18.7. The van der Waals surface area contributed by atoms with E-state index < -0.39 is 5.97 Å². The fraction of sp³-hybridized carbons (Fsp3) is 0.870. The van der Waals surface area contributed by atoms with Crippen molar-refractivity contribution in [2.24, 2.45) is 4.99 Å². The van der Waals surface area contributed by atoms with Gasteiger partial charge < -0.3 is 9.84 Å². The van der Waals surface area contributed by atoms with E-state index in [0.717, 1.165) is 13.0 Å². The lowest BCUT2D eigenvalue weighted by molar-refractivity contribution is -0.139. The Kier molecular flexibility index (Phi) is 26.4. The number of hydrogen-bond donors (Lipinski definition) is 1. The molecule has 28 heavy (non-hydrogen) atoms. The Balaban J connectivity index is 0. The van der Waals surface area contributed by atoms with E-state index in [9.17, 15) is 9.59 Å². The fourth-order valence-electron chi connectivity index (χ4n) is 2.71. The molecule has 0 spiro atoms. The molecule has 0 heterocycles. The van der Waals surface area contributed by atoms with Crippen molar-refractivity contribution in [3.05, 3.63) is 0 Å². The van der Waals surface area contributed by atoms with Gasteiger partial charge in [-0.1, -0.05) is 97.3 Å². The highest BCUT2D eigenvalue weighted by Crippen LogP contribution is 2.12. The SMILES string of the molecule is CCC(=O)O.CCCCCCCCCCCCCCCCN=CCC(=O)OC. The van der Waals surface area contributed by atoms with Gasteiger partial charge in [-0.15, -0.1) is 0 Å². The molecular formula is C23H45NO4. The third-order valence-electron chi connectivity index (χ3n) is 4.56. The summed E-state index contributed by atoms with van der Waals surface area (Å²) in [5.74, 6) is -0.959. The Morgan fingerprint density at radius 2 is 1.18 bits per heavy atom. The van der Waals surface area contributed by atoms with E-state index in [0.29, 0.717) is 6.42 Å². The van der Waals surface area contributed by atoms with E-state index in [1.807, 2.05) is 0 Å². The normalized spacial score (nSPS) is 10.5. The average Bonchev–Trinajstić information content (AvgIpc) is 2.70. The van der Waals surface area contributed by atoms with Crippen molar-refractivity contribution < 1.29 is 19.4 Å².